The van der Waals surface area contributed by atoms with Gasteiger partial charge in [-0.1, -0.05) is 0 Å². The Morgan fingerprint density at radius 3 is 1.35 bits per heavy atom. The van der Waals surface area contributed by atoms with E-state index in [4.69, 9.17) is 0 Å². The molecule has 0 spiro atoms. The molecule has 8 nitrogen and oxygen atoms in total. The number of hydrogen-bond donors (Lipinski definition) is 4. The molecule has 0 aromatic carbocycles. The Hall–Kier alpha value is -2.12. The van der Waals surface area contributed by atoms with Crippen LogP contribution in [0.1, 0.15) is 51.4 Å². The van der Waals surface area contributed by atoms with E-state index in [2.05, 4.69) is 0 Å². The Balaban J connectivity index is 2.00. The normalized spacial score (nSPS) is 37.1. The minimum Gasteiger partial charge on any atom is -0.481 e. The first kappa shape index (κ1) is 18.7. The van der Waals surface area contributed by atoms with Crippen molar-refractivity contribution in [1.29, 1.82) is 0 Å². The molecule has 26 heavy (non-hydrogen) atoms. The molecule has 144 valence electrons. The predicted octanol–water partition coefficient (Wildman–Crippen LogP) is 1.92. The van der Waals surface area contributed by atoms with Gasteiger partial charge in [0.1, 0.15) is 0 Å². The van der Waals surface area contributed by atoms with Crippen molar-refractivity contribution in [1.82, 2.24) is 0 Å². The van der Waals surface area contributed by atoms with Crippen molar-refractivity contribution >= 4 is 23.9 Å². The molecule has 8 heteroatoms. The molecule has 4 N–H and O–H groups in total. The molecule has 0 radical (unpaired) electrons. The second-order valence-corrected chi connectivity index (χ2v) is 8.66. The average Bonchev–Trinajstić information content (AvgIpc) is 2.47. The van der Waals surface area contributed by atoms with Crippen molar-refractivity contribution in [2.24, 2.45) is 34.5 Å². The first-order chi connectivity index (χ1) is 12.1. The quantitative estimate of drug-likeness (QED) is 0.507. The number of carbonyl (C=O) groups is 4. The summed E-state index contributed by atoms with van der Waals surface area (Å²) in [5.74, 6) is -6.52. The third-order valence-electron chi connectivity index (χ3n) is 6.98. The van der Waals surface area contributed by atoms with Gasteiger partial charge in [0, 0.05) is 0 Å². The first-order valence-corrected chi connectivity index (χ1v) is 8.96. The lowest BCUT2D eigenvalue weighted by atomic mass is 9.39. The van der Waals surface area contributed by atoms with E-state index < -0.39 is 59.4 Å². The van der Waals surface area contributed by atoms with Crippen LogP contribution in [0.4, 0.5) is 0 Å². The molecular formula is C18H24O8. The second-order valence-electron chi connectivity index (χ2n) is 8.66. The highest BCUT2D eigenvalue weighted by molar-refractivity contribution is 5.80. The largest absolute Gasteiger partial charge is 0.481 e. The fourth-order valence-corrected chi connectivity index (χ4v) is 6.70. The summed E-state index contributed by atoms with van der Waals surface area (Å²) in [4.78, 5) is 46.2. The van der Waals surface area contributed by atoms with Crippen LogP contribution in [0.25, 0.3) is 0 Å². The van der Waals surface area contributed by atoms with E-state index in [1.807, 2.05) is 0 Å². The van der Waals surface area contributed by atoms with E-state index in [1.54, 1.807) is 0 Å². The van der Waals surface area contributed by atoms with Gasteiger partial charge in [-0.15, -0.1) is 0 Å². The third kappa shape index (κ3) is 3.05. The standard InChI is InChI=1S/C18H24O8/c19-13(20)2-11(15(23)24)17-4-9-1-10(5-17)7-18(6-9,8-17)12(16(25)26)3-14(21)22/h9-12H,1-8H2,(H,19,20)(H,21,22)(H,23,24)(H,25,26). The van der Waals surface area contributed by atoms with Gasteiger partial charge in [-0.2, -0.15) is 0 Å². The molecular weight excluding hydrogens is 344 g/mol. The van der Waals surface area contributed by atoms with Gasteiger partial charge < -0.3 is 20.4 Å². The van der Waals surface area contributed by atoms with E-state index in [9.17, 15) is 39.6 Å². The van der Waals surface area contributed by atoms with Crippen molar-refractivity contribution in [2.45, 2.75) is 51.4 Å². The summed E-state index contributed by atoms with van der Waals surface area (Å²) in [7, 11) is 0. The Morgan fingerprint density at radius 2 is 1.08 bits per heavy atom. The van der Waals surface area contributed by atoms with E-state index in [1.165, 1.54) is 0 Å². The summed E-state index contributed by atoms with van der Waals surface area (Å²) in [6.45, 7) is 0. The third-order valence-corrected chi connectivity index (χ3v) is 6.98. The topological polar surface area (TPSA) is 149 Å². The van der Waals surface area contributed by atoms with Crippen molar-refractivity contribution in [3.63, 3.8) is 0 Å². The van der Waals surface area contributed by atoms with Gasteiger partial charge >= 0.3 is 23.9 Å². The van der Waals surface area contributed by atoms with Crippen LogP contribution in [0.15, 0.2) is 0 Å². The molecule has 4 aliphatic rings. The van der Waals surface area contributed by atoms with Crippen LogP contribution >= 0.6 is 0 Å². The van der Waals surface area contributed by atoms with Gasteiger partial charge in [-0.3, -0.25) is 19.2 Å². The van der Waals surface area contributed by atoms with Gasteiger partial charge in [-0.05, 0) is 61.2 Å². The molecule has 0 aromatic heterocycles. The fraction of sp³-hybridized carbons (Fsp3) is 0.778. The van der Waals surface area contributed by atoms with E-state index >= 15 is 0 Å². The zero-order valence-electron chi connectivity index (χ0n) is 14.4. The monoisotopic (exact) mass is 368 g/mol. The van der Waals surface area contributed by atoms with Crippen LogP contribution in [-0.2, 0) is 19.2 Å². The maximum atomic E-state index is 11.9. The minimum atomic E-state index is -1.18. The van der Waals surface area contributed by atoms with Gasteiger partial charge in [0.05, 0.1) is 24.7 Å². The molecule has 0 aromatic rings. The Bertz CT molecular complexity index is 588. The van der Waals surface area contributed by atoms with E-state index in [-0.39, 0.29) is 11.8 Å². The molecule has 4 saturated carbocycles. The zero-order valence-corrected chi connectivity index (χ0v) is 14.4. The zero-order chi connectivity index (χ0) is 19.3. The fourth-order valence-electron chi connectivity index (χ4n) is 6.70. The summed E-state index contributed by atoms with van der Waals surface area (Å²) >= 11 is 0. The van der Waals surface area contributed by atoms with Crippen molar-refractivity contribution < 1.29 is 39.6 Å². The van der Waals surface area contributed by atoms with Crippen LogP contribution in [0.3, 0.4) is 0 Å². The molecule has 0 heterocycles. The van der Waals surface area contributed by atoms with Crippen LogP contribution in [0, 0.1) is 34.5 Å². The Labute approximate surface area is 150 Å². The molecule has 2 unspecified atom stereocenters. The molecule has 4 bridgehead atoms. The highest BCUT2D eigenvalue weighted by atomic mass is 16.4. The lowest BCUT2D eigenvalue weighted by Gasteiger charge is -2.64. The molecule has 4 fully saturated rings. The number of carboxylic acid groups (broad SMARTS) is 4. The maximum Gasteiger partial charge on any atom is 0.307 e. The maximum absolute atomic E-state index is 11.9. The summed E-state index contributed by atoms with van der Waals surface area (Å²) in [6.07, 6.45) is 2.58. The van der Waals surface area contributed by atoms with Crippen LogP contribution in [-0.4, -0.2) is 44.3 Å². The second kappa shape index (κ2) is 6.25. The van der Waals surface area contributed by atoms with Crippen molar-refractivity contribution in [3.05, 3.63) is 0 Å². The number of hydrogen-bond acceptors (Lipinski definition) is 4. The molecule has 0 amide bonds. The summed E-state index contributed by atoms with van der Waals surface area (Å²) < 4.78 is 0. The Morgan fingerprint density at radius 1 is 0.731 bits per heavy atom. The molecule has 4 aliphatic carbocycles. The van der Waals surface area contributed by atoms with Gasteiger partial charge in [0.25, 0.3) is 0 Å². The molecule has 0 saturated heterocycles. The summed E-state index contributed by atoms with van der Waals surface area (Å²) in [6, 6.07) is 0. The minimum absolute atomic E-state index is 0.141. The number of rotatable bonds is 8. The molecule has 4 rings (SSSR count). The lowest BCUT2D eigenvalue weighted by molar-refractivity contribution is -0.191. The van der Waals surface area contributed by atoms with E-state index in [0.29, 0.717) is 32.1 Å². The summed E-state index contributed by atoms with van der Waals surface area (Å²) in [5, 5.41) is 37.7. The Kier molecular flexibility index (Phi) is 4.48. The van der Waals surface area contributed by atoms with Crippen LogP contribution in [0.5, 0.6) is 0 Å². The van der Waals surface area contributed by atoms with Gasteiger partial charge in [-0.25, -0.2) is 0 Å². The first-order valence-electron chi connectivity index (χ1n) is 8.96. The number of carboxylic acids is 4. The predicted molar refractivity (Wildman–Crippen MR) is 86.3 cm³/mol. The van der Waals surface area contributed by atoms with Gasteiger partial charge in [0.15, 0.2) is 0 Å². The number of aliphatic carboxylic acids is 4. The highest BCUT2D eigenvalue weighted by Gasteiger charge is 2.64. The summed E-state index contributed by atoms with van der Waals surface area (Å²) in [5.41, 5.74) is -1.50. The van der Waals surface area contributed by atoms with Crippen molar-refractivity contribution in [3.8, 4) is 0 Å². The highest BCUT2D eigenvalue weighted by Crippen LogP contribution is 2.70. The molecule has 0 aliphatic heterocycles. The smallest absolute Gasteiger partial charge is 0.307 e. The molecule has 2 atom stereocenters. The SMILES string of the molecule is O=C(O)CC(C(=O)O)C12CC3CC(C1)CC(C(CC(=O)O)C(=O)O)(C3)C2. The lowest BCUT2D eigenvalue weighted by Crippen LogP contribution is -2.59. The van der Waals surface area contributed by atoms with Crippen molar-refractivity contribution in [2.75, 3.05) is 0 Å². The van der Waals surface area contributed by atoms with E-state index in [0.717, 1.165) is 6.42 Å². The average molecular weight is 368 g/mol. The van der Waals surface area contributed by atoms with Crippen LogP contribution in [0.2, 0.25) is 0 Å². The van der Waals surface area contributed by atoms with Crippen LogP contribution < -0.4 is 0 Å². The van der Waals surface area contributed by atoms with Gasteiger partial charge in [0.2, 0.25) is 0 Å².